The van der Waals surface area contributed by atoms with E-state index in [2.05, 4.69) is 5.32 Å². The van der Waals surface area contributed by atoms with E-state index in [9.17, 15) is 4.79 Å². The molecular formula is C14H10NO. The molecule has 0 atom stereocenters. The zero-order valence-corrected chi connectivity index (χ0v) is 8.60. The van der Waals surface area contributed by atoms with Gasteiger partial charge in [0.1, 0.15) is 0 Å². The molecule has 1 heterocycles. The van der Waals surface area contributed by atoms with Crippen molar-refractivity contribution < 1.29 is 4.79 Å². The third kappa shape index (κ3) is 1.54. The molecule has 1 aliphatic heterocycles. The van der Waals surface area contributed by atoms with Crippen LogP contribution in [0.25, 0.3) is 5.57 Å². The quantitative estimate of drug-likeness (QED) is 0.705. The Morgan fingerprint density at radius 3 is 2.62 bits per heavy atom. The van der Waals surface area contributed by atoms with Crippen LogP contribution < -0.4 is 5.32 Å². The second-order valence-corrected chi connectivity index (χ2v) is 3.78. The number of carbonyl (C=O) groups is 1. The largest absolute Gasteiger partial charge is 0.321 e. The highest BCUT2D eigenvalue weighted by Gasteiger charge is 2.25. The van der Waals surface area contributed by atoms with Crippen LogP contribution in [0.2, 0.25) is 0 Å². The van der Waals surface area contributed by atoms with Gasteiger partial charge in [0.15, 0.2) is 0 Å². The Kier molecular flexibility index (Phi) is 2.28. The molecule has 1 saturated carbocycles. The molecule has 0 unspecified atom stereocenters. The van der Waals surface area contributed by atoms with E-state index < -0.39 is 0 Å². The number of amides is 1. The molecule has 1 N–H and O–H groups in total. The van der Waals surface area contributed by atoms with Gasteiger partial charge in [-0.15, -0.1) is 0 Å². The summed E-state index contributed by atoms with van der Waals surface area (Å²) >= 11 is 0. The number of benzene rings is 1. The van der Waals surface area contributed by atoms with Gasteiger partial charge in [-0.05, 0) is 31.7 Å². The van der Waals surface area contributed by atoms with Crippen molar-refractivity contribution in [2.45, 2.75) is 0 Å². The molecule has 2 heteroatoms. The average molecular weight is 208 g/mol. The summed E-state index contributed by atoms with van der Waals surface area (Å²) in [7, 11) is 0. The van der Waals surface area contributed by atoms with Gasteiger partial charge >= 0.3 is 0 Å². The van der Waals surface area contributed by atoms with Crippen molar-refractivity contribution in [3.05, 3.63) is 67.5 Å². The lowest BCUT2D eigenvalue weighted by atomic mass is 10.00. The summed E-state index contributed by atoms with van der Waals surface area (Å²) < 4.78 is 0. The zero-order valence-electron chi connectivity index (χ0n) is 8.60. The summed E-state index contributed by atoms with van der Waals surface area (Å²) in [5.41, 5.74) is 2.61. The van der Waals surface area contributed by atoms with Crippen LogP contribution in [-0.2, 0) is 4.79 Å². The molecule has 2 aliphatic rings. The molecule has 0 saturated heterocycles. The Bertz CT molecular complexity index is 456. The number of anilines is 1. The first-order valence-electron chi connectivity index (χ1n) is 5.19. The van der Waals surface area contributed by atoms with Crippen molar-refractivity contribution in [2.24, 2.45) is 0 Å². The molecule has 1 aliphatic carbocycles. The number of rotatable bonds is 1. The number of fused-ring (bicyclic) bond motifs is 1. The highest BCUT2D eigenvalue weighted by atomic mass is 16.2. The Morgan fingerprint density at radius 1 is 1.06 bits per heavy atom. The molecule has 5 radical (unpaired) electrons. The summed E-state index contributed by atoms with van der Waals surface area (Å²) in [5, 5.41) is 2.85. The molecule has 77 valence electrons. The van der Waals surface area contributed by atoms with Gasteiger partial charge in [-0.25, -0.2) is 0 Å². The van der Waals surface area contributed by atoms with E-state index in [1.165, 1.54) is 0 Å². The number of hydrogen-bond donors (Lipinski definition) is 1. The Balaban J connectivity index is 1.98. The molecule has 2 nitrogen and oxygen atoms in total. The molecule has 3 rings (SSSR count). The van der Waals surface area contributed by atoms with Crippen molar-refractivity contribution >= 4 is 17.2 Å². The monoisotopic (exact) mass is 208 g/mol. The van der Waals surface area contributed by atoms with Crippen LogP contribution in [0, 0.1) is 31.6 Å². The van der Waals surface area contributed by atoms with Crippen molar-refractivity contribution in [1.82, 2.24) is 0 Å². The van der Waals surface area contributed by atoms with E-state index in [4.69, 9.17) is 0 Å². The molecule has 1 amide bonds. The summed E-state index contributed by atoms with van der Waals surface area (Å²) in [5.74, 6) is 1.03. The van der Waals surface area contributed by atoms with E-state index in [1.807, 2.05) is 56.0 Å². The van der Waals surface area contributed by atoms with Gasteiger partial charge in [-0.1, -0.05) is 24.3 Å². The lowest BCUT2D eigenvalue weighted by Gasteiger charge is -2.02. The van der Waals surface area contributed by atoms with E-state index >= 15 is 0 Å². The summed E-state index contributed by atoms with van der Waals surface area (Å²) in [6.07, 6.45) is 9.82. The van der Waals surface area contributed by atoms with Crippen molar-refractivity contribution in [1.29, 1.82) is 0 Å². The molecule has 1 aromatic rings. The second kappa shape index (κ2) is 3.78. The van der Waals surface area contributed by atoms with Gasteiger partial charge in [0, 0.05) is 22.7 Å². The number of allylic oxidation sites excluding steroid dienone is 1. The summed E-state index contributed by atoms with van der Waals surface area (Å²) in [4.78, 5) is 11.8. The summed E-state index contributed by atoms with van der Waals surface area (Å²) in [6.45, 7) is 0. The van der Waals surface area contributed by atoms with E-state index in [-0.39, 0.29) is 5.91 Å². The van der Waals surface area contributed by atoms with Crippen LogP contribution in [0.5, 0.6) is 0 Å². The van der Waals surface area contributed by atoms with Crippen LogP contribution in [0.15, 0.2) is 30.3 Å². The van der Waals surface area contributed by atoms with E-state index in [0.717, 1.165) is 22.7 Å². The fourth-order valence-electron chi connectivity index (χ4n) is 1.93. The Labute approximate surface area is 95.4 Å². The number of carbonyl (C=O) groups excluding carboxylic acids is 1. The fourth-order valence-corrected chi connectivity index (χ4v) is 1.93. The maximum Gasteiger partial charge on any atom is 0.256 e. The first kappa shape index (κ1) is 9.64. The third-order valence-corrected chi connectivity index (χ3v) is 2.71. The Morgan fingerprint density at radius 2 is 1.81 bits per heavy atom. The zero-order chi connectivity index (χ0) is 11.0. The predicted octanol–water partition coefficient (Wildman–Crippen LogP) is 2.43. The van der Waals surface area contributed by atoms with Crippen molar-refractivity contribution in [3.8, 4) is 0 Å². The van der Waals surface area contributed by atoms with Gasteiger partial charge in [0.2, 0.25) is 0 Å². The van der Waals surface area contributed by atoms with Crippen LogP contribution in [0.4, 0.5) is 5.69 Å². The normalized spacial score (nSPS) is 22.5. The van der Waals surface area contributed by atoms with Crippen molar-refractivity contribution in [2.75, 3.05) is 5.32 Å². The fraction of sp³-hybridized carbons (Fsp3) is 0. The van der Waals surface area contributed by atoms with Gasteiger partial charge in [0.05, 0.1) is 0 Å². The smallest absolute Gasteiger partial charge is 0.256 e. The average Bonchev–Trinajstić information content (AvgIpc) is 2.89. The van der Waals surface area contributed by atoms with E-state index in [0.29, 0.717) is 0 Å². The van der Waals surface area contributed by atoms with Gasteiger partial charge in [-0.3, -0.25) is 4.79 Å². The van der Waals surface area contributed by atoms with E-state index in [1.54, 1.807) is 0 Å². The maximum atomic E-state index is 11.8. The molecular weight excluding hydrogens is 198 g/mol. The molecule has 1 aromatic carbocycles. The minimum Gasteiger partial charge on any atom is -0.321 e. The highest BCUT2D eigenvalue weighted by Crippen LogP contribution is 2.35. The molecule has 1 fully saturated rings. The molecule has 0 bridgehead atoms. The lowest BCUT2D eigenvalue weighted by Crippen LogP contribution is -2.04. The topological polar surface area (TPSA) is 29.1 Å². The van der Waals surface area contributed by atoms with Crippen LogP contribution in [-0.4, -0.2) is 5.91 Å². The molecule has 0 spiro atoms. The first-order chi connectivity index (χ1) is 7.84. The first-order valence-corrected chi connectivity index (χ1v) is 5.19. The van der Waals surface area contributed by atoms with Gasteiger partial charge in [0.25, 0.3) is 5.91 Å². The van der Waals surface area contributed by atoms with Crippen LogP contribution >= 0.6 is 0 Å². The van der Waals surface area contributed by atoms with Crippen LogP contribution in [0.3, 0.4) is 0 Å². The number of para-hydroxylation sites is 1. The van der Waals surface area contributed by atoms with Gasteiger partial charge in [-0.2, -0.15) is 0 Å². The highest BCUT2D eigenvalue weighted by molar-refractivity contribution is 6.31. The number of hydrogen-bond acceptors (Lipinski definition) is 1. The third-order valence-electron chi connectivity index (χ3n) is 2.71. The lowest BCUT2D eigenvalue weighted by molar-refractivity contribution is -0.110. The Hall–Kier alpha value is -1.57. The minimum atomic E-state index is -0.0256. The maximum absolute atomic E-state index is 11.8. The standard InChI is InChI=1S/C14H10NO/c16-14-12(9-10-5-1-2-6-10)11-7-3-4-8-13(11)15-14/h1-9H,(H,15,16)/b12-9+. The number of nitrogens with one attached hydrogen (secondary N) is 1. The summed E-state index contributed by atoms with van der Waals surface area (Å²) in [6, 6.07) is 7.74. The second-order valence-electron chi connectivity index (χ2n) is 3.78. The van der Waals surface area contributed by atoms with Gasteiger partial charge < -0.3 is 5.32 Å². The minimum absolute atomic E-state index is 0.0256. The SMILES string of the molecule is O=C1Nc2ccccc2/C1=C\[C]1[CH][CH][CH][CH]1. The molecule has 0 aromatic heterocycles. The molecule has 16 heavy (non-hydrogen) atoms. The predicted molar refractivity (Wildman–Crippen MR) is 63.5 cm³/mol. The van der Waals surface area contributed by atoms with Crippen molar-refractivity contribution in [3.63, 3.8) is 0 Å². The van der Waals surface area contributed by atoms with Crippen LogP contribution in [0.1, 0.15) is 5.56 Å².